The largest absolute Gasteiger partial charge is 0.496 e. The van der Waals surface area contributed by atoms with Crippen LogP contribution in [0.5, 0.6) is 28.7 Å². The average Bonchev–Trinajstić information content (AvgIpc) is 2.97. The molecule has 218 valence electrons. The fourth-order valence-corrected chi connectivity index (χ4v) is 4.52. The molecule has 1 amide bonds. The monoisotopic (exact) mass is 569 g/mol. The summed E-state index contributed by atoms with van der Waals surface area (Å²) in [5.74, 6) is 1.35. The van der Waals surface area contributed by atoms with E-state index in [9.17, 15) is 14.7 Å². The smallest absolute Gasteiger partial charge is 0.339 e. The van der Waals surface area contributed by atoms with E-state index in [-0.39, 0.29) is 17.2 Å². The second-order valence-corrected chi connectivity index (χ2v) is 9.95. The van der Waals surface area contributed by atoms with Crippen LogP contribution in [0.15, 0.2) is 78.9 Å². The van der Waals surface area contributed by atoms with Crippen molar-refractivity contribution in [3.63, 3.8) is 0 Å². The van der Waals surface area contributed by atoms with Gasteiger partial charge in [-0.15, -0.1) is 0 Å². The number of methoxy groups -OCH3 is 2. The zero-order valence-corrected chi connectivity index (χ0v) is 24.5. The van der Waals surface area contributed by atoms with E-state index in [0.717, 1.165) is 28.0 Å². The van der Waals surface area contributed by atoms with E-state index < -0.39 is 5.97 Å². The molecule has 0 unspecified atom stereocenters. The Balaban J connectivity index is 1.56. The first-order chi connectivity index (χ1) is 20.2. The summed E-state index contributed by atoms with van der Waals surface area (Å²) in [6.45, 7) is 6.67. The highest BCUT2D eigenvalue weighted by atomic mass is 16.5. The first-order valence-electron chi connectivity index (χ1n) is 13.5. The van der Waals surface area contributed by atoms with Crippen LogP contribution < -0.4 is 18.9 Å². The number of amides is 1. The fourth-order valence-electron chi connectivity index (χ4n) is 4.52. The summed E-state index contributed by atoms with van der Waals surface area (Å²) in [7, 11) is 3.12. The summed E-state index contributed by atoms with van der Waals surface area (Å²) in [6, 6.07) is 23.4. The minimum absolute atomic E-state index is 0.0824. The lowest BCUT2D eigenvalue weighted by Crippen LogP contribution is -2.34. The molecule has 0 aromatic heterocycles. The number of nitrogens with zero attached hydrogens (tertiary/aromatic N) is 1. The lowest BCUT2D eigenvalue weighted by molar-refractivity contribution is 0.0691. The van der Waals surface area contributed by atoms with Gasteiger partial charge < -0.3 is 29.0 Å². The van der Waals surface area contributed by atoms with Gasteiger partial charge in [0.2, 0.25) is 0 Å². The van der Waals surface area contributed by atoms with Gasteiger partial charge in [-0.2, -0.15) is 0 Å². The van der Waals surface area contributed by atoms with Gasteiger partial charge in [-0.05, 0) is 86.0 Å². The normalized spacial score (nSPS) is 10.6. The molecule has 0 radical (unpaired) electrons. The zero-order valence-electron chi connectivity index (χ0n) is 24.5. The quantitative estimate of drug-likeness (QED) is 0.200. The molecule has 42 heavy (non-hydrogen) atoms. The van der Waals surface area contributed by atoms with E-state index in [0.29, 0.717) is 42.5 Å². The predicted molar refractivity (Wildman–Crippen MR) is 160 cm³/mol. The van der Waals surface area contributed by atoms with Gasteiger partial charge in [-0.25, -0.2) is 4.79 Å². The number of benzene rings is 4. The van der Waals surface area contributed by atoms with Crippen molar-refractivity contribution in [3.8, 4) is 28.7 Å². The summed E-state index contributed by atoms with van der Waals surface area (Å²) < 4.78 is 22.9. The highest BCUT2D eigenvalue weighted by molar-refractivity contribution is 5.95. The minimum atomic E-state index is -1.06. The van der Waals surface area contributed by atoms with Gasteiger partial charge in [0.05, 0.1) is 20.8 Å². The number of carboxylic acids is 1. The van der Waals surface area contributed by atoms with Crippen LogP contribution in [0, 0.1) is 20.8 Å². The molecular weight excluding hydrogens is 534 g/mol. The third-order valence-electron chi connectivity index (χ3n) is 6.80. The third-order valence-corrected chi connectivity index (χ3v) is 6.80. The maximum Gasteiger partial charge on any atom is 0.339 e. The summed E-state index contributed by atoms with van der Waals surface area (Å²) in [5, 5.41) is 9.52. The summed E-state index contributed by atoms with van der Waals surface area (Å²) >= 11 is 0. The van der Waals surface area contributed by atoms with Gasteiger partial charge in [-0.1, -0.05) is 30.3 Å². The first kappa shape index (κ1) is 30.0. The van der Waals surface area contributed by atoms with E-state index >= 15 is 0 Å². The number of ether oxygens (including phenoxy) is 4. The molecule has 0 aliphatic heterocycles. The molecule has 0 fully saturated rings. The molecule has 8 nitrogen and oxygen atoms in total. The van der Waals surface area contributed by atoms with Crippen molar-refractivity contribution in [1.29, 1.82) is 0 Å². The van der Waals surface area contributed by atoms with Crippen LogP contribution in [-0.4, -0.2) is 49.3 Å². The Kier molecular flexibility index (Phi) is 9.70. The van der Waals surface area contributed by atoms with Gasteiger partial charge in [0.1, 0.15) is 40.9 Å². The fraction of sp³-hybridized carbons (Fsp3) is 0.235. The van der Waals surface area contributed by atoms with E-state index in [2.05, 4.69) is 0 Å². The maximum atomic E-state index is 13.8. The van der Waals surface area contributed by atoms with Crippen molar-refractivity contribution in [2.75, 3.05) is 27.4 Å². The number of carbonyl (C=O) groups is 2. The standard InChI is InChI=1S/C34H35NO7/c1-22-7-6-8-28(17-22)41-16-15-35(33(36)26-19-30(39-4)24(3)31(20-26)40-5)21-25-10-12-27(13-11-25)42-32-18-23(2)9-14-29(32)34(37)38/h6-14,17-20H,15-16,21H2,1-5H3,(H,37,38). The Hall–Kier alpha value is -4.98. The average molecular weight is 570 g/mol. The number of hydrogen-bond donors (Lipinski definition) is 1. The molecule has 4 rings (SSSR count). The molecule has 0 aliphatic rings. The molecule has 8 heteroatoms. The lowest BCUT2D eigenvalue weighted by Gasteiger charge is -2.24. The molecule has 4 aromatic rings. The molecule has 0 spiro atoms. The van der Waals surface area contributed by atoms with Crippen LogP contribution in [0.4, 0.5) is 0 Å². The van der Waals surface area contributed by atoms with Crippen LogP contribution in [0.25, 0.3) is 0 Å². The van der Waals surface area contributed by atoms with Crippen LogP contribution in [-0.2, 0) is 6.54 Å². The second-order valence-electron chi connectivity index (χ2n) is 9.95. The Morgan fingerprint density at radius 1 is 0.762 bits per heavy atom. The highest BCUT2D eigenvalue weighted by Gasteiger charge is 2.20. The summed E-state index contributed by atoms with van der Waals surface area (Å²) in [5.41, 5.74) is 4.16. The predicted octanol–water partition coefficient (Wildman–Crippen LogP) is 6.84. The van der Waals surface area contributed by atoms with Crippen molar-refractivity contribution in [3.05, 3.63) is 112 Å². The lowest BCUT2D eigenvalue weighted by atomic mass is 10.1. The topological polar surface area (TPSA) is 94.5 Å². The van der Waals surface area contributed by atoms with Crippen molar-refractivity contribution in [2.45, 2.75) is 27.3 Å². The number of aryl methyl sites for hydroxylation is 2. The van der Waals surface area contributed by atoms with Gasteiger partial charge in [0.25, 0.3) is 5.91 Å². The third kappa shape index (κ3) is 7.40. The molecule has 0 bridgehead atoms. The van der Waals surface area contributed by atoms with Crippen molar-refractivity contribution < 1.29 is 33.6 Å². The molecule has 4 aromatic carbocycles. The van der Waals surface area contributed by atoms with Crippen LogP contribution in [0.3, 0.4) is 0 Å². The Morgan fingerprint density at radius 2 is 1.43 bits per heavy atom. The SMILES string of the molecule is COc1cc(C(=O)N(CCOc2cccc(C)c2)Cc2ccc(Oc3cc(C)ccc3C(=O)O)cc2)cc(OC)c1C. The van der Waals surface area contributed by atoms with Crippen molar-refractivity contribution in [2.24, 2.45) is 0 Å². The summed E-state index contributed by atoms with van der Waals surface area (Å²) in [4.78, 5) is 27.1. The number of rotatable bonds is 12. The molecule has 0 atom stereocenters. The molecule has 0 aliphatic carbocycles. The van der Waals surface area contributed by atoms with E-state index in [4.69, 9.17) is 18.9 Å². The van der Waals surface area contributed by atoms with Gasteiger partial charge in [-0.3, -0.25) is 4.79 Å². The summed E-state index contributed by atoms with van der Waals surface area (Å²) in [6.07, 6.45) is 0. The number of hydrogen-bond acceptors (Lipinski definition) is 6. The van der Waals surface area contributed by atoms with Gasteiger partial charge in [0, 0.05) is 17.7 Å². The molecule has 1 N–H and O–H groups in total. The van der Waals surface area contributed by atoms with Crippen LogP contribution in [0.2, 0.25) is 0 Å². The van der Waals surface area contributed by atoms with Gasteiger partial charge >= 0.3 is 5.97 Å². The number of carbonyl (C=O) groups excluding carboxylic acids is 1. The van der Waals surface area contributed by atoms with Crippen molar-refractivity contribution in [1.82, 2.24) is 4.90 Å². The number of aromatic carboxylic acids is 1. The Morgan fingerprint density at radius 3 is 2.05 bits per heavy atom. The van der Waals surface area contributed by atoms with Gasteiger partial charge in [0.15, 0.2) is 0 Å². The minimum Gasteiger partial charge on any atom is -0.496 e. The van der Waals surface area contributed by atoms with Crippen molar-refractivity contribution >= 4 is 11.9 Å². The molecule has 0 saturated heterocycles. The van der Waals surface area contributed by atoms with E-state index in [1.54, 1.807) is 55.5 Å². The second kappa shape index (κ2) is 13.6. The highest BCUT2D eigenvalue weighted by Crippen LogP contribution is 2.31. The van der Waals surface area contributed by atoms with Crippen LogP contribution in [0.1, 0.15) is 43.0 Å². The maximum absolute atomic E-state index is 13.8. The molecular formula is C34H35NO7. The Labute approximate surface area is 246 Å². The van der Waals surface area contributed by atoms with E-state index in [1.807, 2.05) is 57.2 Å². The zero-order chi connectivity index (χ0) is 30.2. The number of carboxylic acid groups (broad SMARTS) is 1. The Bertz CT molecular complexity index is 1540. The molecule has 0 heterocycles. The first-order valence-corrected chi connectivity index (χ1v) is 13.5. The van der Waals surface area contributed by atoms with E-state index in [1.165, 1.54) is 6.07 Å². The molecule has 0 saturated carbocycles. The van der Waals surface area contributed by atoms with Crippen LogP contribution >= 0.6 is 0 Å².